The van der Waals surface area contributed by atoms with Crippen molar-refractivity contribution in [2.45, 2.75) is 38.0 Å². The topological polar surface area (TPSA) is 18.5 Å². The second kappa shape index (κ2) is 5.63. The van der Waals surface area contributed by atoms with Crippen LogP contribution >= 0.6 is 11.6 Å². The zero-order valence-electron chi connectivity index (χ0n) is 11.2. The van der Waals surface area contributed by atoms with Crippen LogP contribution < -0.4 is 9.47 Å². The van der Waals surface area contributed by atoms with Gasteiger partial charge in [0.2, 0.25) is 0 Å². The first kappa shape index (κ1) is 14.2. The molecule has 0 amide bonds. The predicted molar refractivity (Wildman–Crippen MR) is 72.5 cm³/mol. The zero-order chi connectivity index (χ0) is 13.1. The highest BCUT2D eigenvalue weighted by atomic mass is 35.5. The molecule has 1 atom stereocenters. The van der Waals surface area contributed by atoms with Crippen molar-refractivity contribution in [3.05, 3.63) is 23.8 Å². The Hall–Kier alpha value is -0.890. The van der Waals surface area contributed by atoms with Crippen LogP contribution in [0.15, 0.2) is 18.2 Å². The summed E-state index contributed by atoms with van der Waals surface area (Å²) in [4.78, 5) is 0. The lowest BCUT2D eigenvalue weighted by Gasteiger charge is -2.28. The van der Waals surface area contributed by atoms with Gasteiger partial charge in [0.05, 0.1) is 14.2 Å². The summed E-state index contributed by atoms with van der Waals surface area (Å²) >= 11 is 6.11. The summed E-state index contributed by atoms with van der Waals surface area (Å²) in [6, 6.07) is 5.87. The van der Waals surface area contributed by atoms with E-state index in [-0.39, 0.29) is 10.8 Å². The molecule has 1 aromatic rings. The number of methoxy groups -OCH3 is 2. The van der Waals surface area contributed by atoms with Crippen LogP contribution in [0.3, 0.4) is 0 Å². The minimum atomic E-state index is -0.0406. The fourth-order valence-corrected chi connectivity index (χ4v) is 2.54. The molecule has 0 N–H and O–H groups in total. The van der Waals surface area contributed by atoms with E-state index in [1.165, 1.54) is 0 Å². The van der Waals surface area contributed by atoms with Crippen molar-refractivity contribution in [1.29, 1.82) is 0 Å². The van der Waals surface area contributed by atoms with Gasteiger partial charge in [0, 0.05) is 10.9 Å². The van der Waals surface area contributed by atoms with Crippen LogP contribution in [0.5, 0.6) is 11.5 Å². The minimum Gasteiger partial charge on any atom is -0.497 e. The number of hydrogen-bond donors (Lipinski definition) is 0. The first-order chi connectivity index (χ1) is 7.90. The third-order valence-electron chi connectivity index (χ3n) is 2.93. The van der Waals surface area contributed by atoms with Crippen LogP contribution in [0, 0.1) is 0 Å². The Morgan fingerprint density at radius 1 is 1.24 bits per heavy atom. The normalized spacial score (nSPS) is 13.3. The van der Waals surface area contributed by atoms with Crippen molar-refractivity contribution in [3.63, 3.8) is 0 Å². The molecule has 96 valence electrons. The van der Waals surface area contributed by atoms with E-state index in [1.807, 2.05) is 25.1 Å². The fourth-order valence-electron chi connectivity index (χ4n) is 2.16. The Morgan fingerprint density at radius 2 is 1.88 bits per heavy atom. The highest BCUT2D eigenvalue weighted by Crippen LogP contribution is 2.38. The molecule has 0 radical (unpaired) electrons. The lowest BCUT2D eigenvalue weighted by Crippen LogP contribution is -2.21. The number of hydrogen-bond acceptors (Lipinski definition) is 2. The van der Waals surface area contributed by atoms with Crippen molar-refractivity contribution < 1.29 is 9.47 Å². The predicted octanol–water partition coefficient (Wildman–Crippen LogP) is 4.00. The maximum absolute atomic E-state index is 6.11. The van der Waals surface area contributed by atoms with Gasteiger partial charge >= 0.3 is 0 Å². The molecule has 17 heavy (non-hydrogen) atoms. The molecule has 1 unspecified atom stereocenters. The van der Waals surface area contributed by atoms with Crippen molar-refractivity contribution in [2.75, 3.05) is 14.2 Å². The second-order valence-electron chi connectivity index (χ2n) is 4.93. The Labute approximate surface area is 109 Å². The van der Waals surface area contributed by atoms with Gasteiger partial charge in [-0.2, -0.15) is 0 Å². The van der Waals surface area contributed by atoms with Crippen LogP contribution in [0.2, 0.25) is 0 Å². The molecule has 0 aliphatic heterocycles. The summed E-state index contributed by atoms with van der Waals surface area (Å²) < 4.78 is 10.7. The van der Waals surface area contributed by atoms with E-state index in [0.717, 1.165) is 23.5 Å². The molecule has 1 rings (SSSR count). The molecule has 0 aromatic heterocycles. The van der Waals surface area contributed by atoms with Gasteiger partial charge < -0.3 is 9.47 Å². The van der Waals surface area contributed by atoms with Crippen molar-refractivity contribution >= 4 is 11.6 Å². The third-order valence-corrected chi connectivity index (χ3v) is 3.08. The number of ether oxygens (including phenoxy) is 2. The maximum atomic E-state index is 6.11. The summed E-state index contributed by atoms with van der Waals surface area (Å²) in [5.41, 5.74) is 1.09. The van der Waals surface area contributed by atoms with E-state index >= 15 is 0 Å². The largest absolute Gasteiger partial charge is 0.497 e. The van der Waals surface area contributed by atoms with Crippen LogP contribution in [0.4, 0.5) is 0 Å². The standard InChI is InChI=1S/C14H21ClO2/c1-10(15)9-14(2,3)12-8-11(16-4)6-7-13(12)17-5/h6-8,10H,9H2,1-5H3. The van der Waals surface area contributed by atoms with E-state index in [0.29, 0.717) is 0 Å². The second-order valence-corrected chi connectivity index (χ2v) is 5.68. The van der Waals surface area contributed by atoms with E-state index in [2.05, 4.69) is 13.8 Å². The van der Waals surface area contributed by atoms with Gasteiger partial charge in [-0.25, -0.2) is 0 Å². The Bertz CT molecular complexity index is 372. The van der Waals surface area contributed by atoms with E-state index in [1.54, 1.807) is 14.2 Å². The van der Waals surface area contributed by atoms with E-state index < -0.39 is 0 Å². The van der Waals surface area contributed by atoms with Gasteiger partial charge in [-0.05, 0) is 37.0 Å². The molecule has 2 nitrogen and oxygen atoms in total. The Kier molecular flexibility index (Phi) is 4.70. The highest BCUT2D eigenvalue weighted by molar-refractivity contribution is 6.20. The SMILES string of the molecule is COc1ccc(OC)c(C(C)(C)CC(C)Cl)c1. The summed E-state index contributed by atoms with van der Waals surface area (Å²) in [7, 11) is 3.36. The monoisotopic (exact) mass is 256 g/mol. The van der Waals surface area contributed by atoms with Crippen LogP contribution in [-0.2, 0) is 5.41 Å². The highest BCUT2D eigenvalue weighted by Gasteiger charge is 2.26. The smallest absolute Gasteiger partial charge is 0.122 e. The molecular weight excluding hydrogens is 236 g/mol. The van der Waals surface area contributed by atoms with Crippen molar-refractivity contribution in [1.82, 2.24) is 0 Å². The number of rotatable bonds is 5. The molecule has 3 heteroatoms. The van der Waals surface area contributed by atoms with Gasteiger partial charge in [-0.15, -0.1) is 11.6 Å². The van der Waals surface area contributed by atoms with Gasteiger partial charge in [-0.1, -0.05) is 13.8 Å². The first-order valence-electron chi connectivity index (χ1n) is 5.77. The lowest BCUT2D eigenvalue weighted by molar-refractivity contribution is 0.376. The Balaban J connectivity index is 3.16. The third kappa shape index (κ3) is 3.53. The van der Waals surface area contributed by atoms with Gasteiger partial charge in [0.1, 0.15) is 11.5 Å². The zero-order valence-corrected chi connectivity index (χ0v) is 12.0. The molecule has 0 saturated carbocycles. The van der Waals surface area contributed by atoms with Gasteiger partial charge in [-0.3, -0.25) is 0 Å². The quantitative estimate of drug-likeness (QED) is 0.742. The maximum Gasteiger partial charge on any atom is 0.122 e. The van der Waals surface area contributed by atoms with E-state index in [4.69, 9.17) is 21.1 Å². The summed E-state index contributed by atoms with van der Waals surface area (Å²) in [6.45, 7) is 6.35. The Morgan fingerprint density at radius 3 is 2.35 bits per heavy atom. The molecular formula is C14H21ClO2. The molecule has 0 aliphatic carbocycles. The van der Waals surface area contributed by atoms with Crippen molar-refractivity contribution in [3.8, 4) is 11.5 Å². The number of halogens is 1. The van der Waals surface area contributed by atoms with Gasteiger partial charge in [0.15, 0.2) is 0 Å². The minimum absolute atomic E-state index is 0.0406. The average molecular weight is 257 g/mol. The van der Waals surface area contributed by atoms with Crippen molar-refractivity contribution in [2.24, 2.45) is 0 Å². The molecule has 0 aliphatic rings. The lowest BCUT2D eigenvalue weighted by atomic mass is 9.80. The molecule has 0 heterocycles. The summed E-state index contributed by atoms with van der Waals surface area (Å²) in [6.07, 6.45) is 0.887. The van der Waals surface area contributed by atoms with Crippen LogP contribution in [0.1, 0.15) is 32.8 Å². The fraction of sp³-hybridized carbons (Fsp3) is 0.571. The first-order valence-corrected chi connectivity index (χ1v) is 6.21. The summed E-state index contributed by atoms with van der Waals surface area (Å²) in [5.74, 6) is 1.73. The molecule has 0 bridgehead atoms. The number of alkyl halides is 1. The van der Waals surface area contributed by atoms with Crippen LogP contribution in [0.25, 0.3) is 0 Å². The molecule has 1 aromatic carbocycles. The number of benzene rings is 1. The van der Waals surface area contributed by atoms with Gasteiger partial charge in [0.25, 0.3) is 0 Å². The average Bonchev–Trinajstić information content (AvgIpc) is 2.26. The van der Waals surface area contributed by atoms with Crippen LogP contribution in [-0.4, -0.2) is 19.6 Å². The molecule has 0 saturated heterocycles. The van der Waals surface area contributed by atoms with E-state index in [9.17, 15) is 0 Å². The molecule has 0 fully saturated rings. The molecule has 0 spiro atoms. The summed E-state index contributed by atoms with van der Waals surface area (Å²) in [5, 5.41) is 0.126.